The monoisotopic (exact) mass is 426 g/mol. The molecule has 3 fully saturated rings. The summed E-state index contributed by atoms with van der Waals surface area (Å²) >= 11 is 0. The minimum absolute atomic E-state index is 0.00244. The lowest BCUT2D eigenvalue weighted by Gasteiger charge is -2.46. The second kappa shape index (κ2) is 8.14. The highest BCUT2D eigenvalue weighted by Gasteiger charge is 2.40. The minimum atomic E-state index is -0.511. The molecule has 3 aliphatic rings. The Labute approximate surface area is 178 Å². The quantitative estimate of drug-likeness (QED) is 0.813. The third-order valence-corrected chi connectivity index (χ3v) is 6.06. The molecule has 0 saturated carbocycles. The Hall–Kier alpha value is -3.20. The van der Waals surface area contributed by atoms with Crippen molar-refractivity contribution in [2.75, 3.05) is 32.8 Å². The predicted octanol–water partition coefficient (Wildman–Crippen LogP) is 2.12. The Morgan fingerprint density at radius 3 is 2.74 bits per heavy atom. The number of fused-ring (bicyclic) bond motifs is 1. The molecule has 5 rings (SSSR count). The average Bonchev–Trinajstić information content (AvgIpc) is 2.75. The summed E-state index contributed by atoms with van der Waals surface area (Å²) in [5.41, 5.74) is 1.11. The number of hydrogen-bond donors (Lipinski definition) is 1. The summed E-state index contributed by atoms with van der Waals surface area (Å²) in [7, 11) is 0. The number of rotatable bonds is 3. The molecule has 0 spiro atoms. The van der Waals surface area contributed by atoms with E-state index in [9.17, 15) is 14.0 Å². The second-order valence-corrected chi connectivity index (χ2v) is 8.12. The molecule has 0 unspecified atom stereocenters. The van der Waals surface area contributed by atoms with Crippen molar-refractivity contribution in [3.05, 3.63) is 54.1 Å². The van der Waals surface area contributed by atoms with E-state index in [1.165, 1.54) is 12.3 Å². The molecule has 0 radical (unpaired) electrons. The van der Waals surface area contributed by atoms with Gasteiger partial charge >= 0.3 is 6.03 Å². The van der Waals surface area contributed by atoms with E-state index in [1.54, 1.807) is 17.0 Å². The molecule has 31 heavy (non-hydrogen) atoms. The number of amides is 3. The summed E-state index contributed by atoms with van der Waals surface area (Å²) in [6, 6.07) is 8.85. The number of benzene rings is 1. The highest BCUT2D eigenvalue weighted by molar-refractivity contribution is 5.79. The first-order valence-corrected chi connectivity index (χ1v) is 10.4. The van der Waals surface area contributed by atoms with Crippen LogP contribution in [-0.2, 0) is 9.53 Å². The van der Waals surface area contributed by atoms with E-state index < -0.39 is 5.82 Å². The standard InChI is InChI=1S/C22H23FN4O4/c23-17-9-24-7-5-19(17)31-16-3-1-14(2-4-16)15-10-27(11-15)22(29)26-8-6-20-18(12-26)25-21(28)13-30-20/h1-5,7,9,15,18,20H,6,8,10-13H2,(H,25,28)/t18-,20+/m1/s1. The van der Waals surface area contributed by atoms with Crippen molar-refractivity contribution in [2.45, 2.75) is 24.5 Å². The smallest absolute Gasteiger partial charge is 0.320 e. The van der Waals surface area contributed by atoms with Gasteiger partial charge in [-0.15, -0.1) is 0 Å². The van der Waals surface area contributed by atoms with Crippen molar-refractivity contribution >= 4 is 11.9 Å². The topological polar surface area (TPSA) is 84.0 Å². The zero-order valence-corrected chi connectivity index (χ0v) is 16.9. The van der Waals surface area contributed by atoms with Gasteiger partial charge in [0.05, 0.1) is 18.3 Å². The lowest BCUT2D eigenvalue weighted by molar-refractivity contribution is -0.139. The van der Waals surface area contributed by atoms with Crippen molar-refractivity contribution in [1.82, 2.24) is 20.1 Å². The fraction of sp³-hybridized carbons (Fsp3) is 0.409. The van der Waals surface area contributed by atoms with Gasteiger partial charge in [0.25, 0.3) is 0 Å². The number of aromatic nitrogens is 1. The molecule has 8 nitrogen and oxygen atoms in total. The van der Waals surface area contributed by atoms with Gasteiger partial charge in [0.1, 0.15) is 12.4 Å². The first kappa shape index (κ1) is 19.7. The van der Waals surface area contributed by atoms with Gasteiger partial charge in [-0.05, 0) is 24.1 Å². The number of hydrogen-bond acceptors (Lipinski definition) is 5. The first-order chi connectivity index (χ1) is 15.1. The maximum absolute atomic E-state index is 13.7. The Balaban J connectivity index is 1.14. The predicted molar refractivity (Wildman–Crippen MR) is 108 cm³/mol. The van der Waals surface area contributed by atoms with Gasteiger partial charge in [0.15, 0.2) is 11.6 Å². The van der Waals surface area contributed by atoms with E-state index in [0.29, 0.717) is 31.9 Å². The van der Waals surface area contributed by atoms with E-state index in [-0.39, 0.29) is 42.4 Å². The maximum atomic E-state index is 13.7. The molecule has 3 amide bonds. The number of carbonyl (C=O) groups is 2. The summed E-state index contributed by atoms with van der Waals surface area (Å²) in [4.78, 5) is 31.7. The molecule has 1 aromatic heterocycles. The zero-order chi connectivity index (χ0) is 21.4. The normalized spacial score (nSPS) is 23.6. The highest BCUT2D eigenvalue weighted by atomic mass is 19.1. The van der Waals surface area contributed by atoms with Gasteiger partial charge in [-0.3, -0.25) is 9.78 Å². The van der Waals surface area contributed by atoms with Crippen LogP contribution < -0.4 is 10.1 Å². The van der Waals surface area contributed by atoms with Gasteiger partial charge in [-0.1, -0.05) is 12.1 Å². The van der Waals surface area contributed by atoms with Crippen LogP contribution in [0.5, 0.6) is 11.5 Å². The number of carbonyl (C=O) groups excluding carboxylic acids is 2. The van der Waals surface area contributed by atoms with Crippen molar-refractivity contribution in [3.8, 4) is 11.5 Å². The minimum Gasteiger partial charge on any atom is -0.454 e. The van der Waals surface area contributed by atoms with E-state index >= 15 is 0 Å². The van der Waals surface area contributed by atoms with Crippen molar-refractivity contribution in [2.24, 2.45) is 0 Å². The van der Waals surface area contributed by atoms with Gasteiger partial charge in [-0.25, -0.2) is 9.18 Å². The van der Waals surface area contributed by atoms with E-state index in [4.69, 9.17) is 9.47 Å². The Morgan fingerprint density at radius 1 is 1.16 bits per heavy atom. The molecule has 0 aliphatic carbocycles. The lowest BCUT2D eigenvalue weighted by Crippen LogP contribution is -2.63. The molecule has 3 aliphatic heterocycles. The molecule has 162 valence electrons. The van der Waals surface area contributed by atoms with Gasteiger partial charge in [0.2, 0.25) is 5.91 Å². The second-order valence-electron chi connectivity index (χ2n) is 8.12. The number of nitrogens with one attached hydrogen (secondary N) is 1. The van der Waals surface area contributed by atoms with Gasteiger partial charge in [-0.2, -0.15) is 0 Å². The third-order valence-electron chi connectivity index (χ3n) is 6.06. The van der Waals surface area contributed by atoms with Gasteiger partial charge < -0.3 is 24.6 Å². The van der Waals surface area contributed by atoms with Crippen LogP contribution in [0, 0.1) is 5.82 Å². The number of ether oxygens (including phenoxy) is 2. The number of pyridine rings is 1. The highest BCUT2D eigenvalue weighted by Crippen LogP contribution is 2.31. The van der Waals surface area contributed by atoms with Crippen LogP contribution in [0.3, 0.4) is 0 Å². The SMILES string of the molecule is O=C1CO[C@H]2CCN(C(=O)N3CC(c4ccc(Oc5ccncc5F)cc4)C3)C[C@H]2N1. The summed E-state index contributed by atoms with van der Waals surface area (Å²) in [5, 5.41) is 2.92. The number of nitrogens with zero attached hydrogens (tertiary/aromatic N) is 3. The van der Waals surface area contributed by atoms with E-state index in [0.717, 1.165) is 18.2 Å². The van der Waals surface area contributed by atoms with Crippen LogP contribution >= 0.6 is 0 Å². The molecule has 3 saturated heterocycles. The number of urea groups is 1. The fourth-order valence-electron chi connectivity index (χ4n) is 4.30. The molecule has 4 heterocycles. The number of likely N-dealkylation sites (tertiary alicyclic amines) is 2. The Morgan fingerprint density at radius 2 is 1.97 bits per heavy atom. The van der Waals surface area contributed by atoms with Crippen LogP contribution in [0.15, 0.2) is 42.7 Å². The van der Waals surface area contributed by atoms with Crippen LogP contribution in [-0.4, -0.2) is 71.7 Å². The first-order valence-electron chi connectivity index (χ1n) is 10.4. The van der Waals surface area contributed by atoms with E-state index in [2.05, 4.69) is 10.3 Å². The molecule has 2 aromatic rings. The van der Waals surface area contributed by atoms with Crippen LogP contribution in [0.25, 0.3) is 0 Å². The van der Waals surface area contributed by atoms with Crippen LogP contribution in [0.2, 0.25) is 0 Å². The van der Waals surface area contributed by atoms with E-state index in [1.807, 2.05) is 17.0 Å². The van der Waals surface area contributed by atoms with Gasteiger partial charge in [0, 0.05) is 44.4 Å². The lowest BCUT2D eigenvalue weighted by atomic mass is 9.91. The van der Waals surface area contributed by atoms with Crippen molar-refractivity contribution in [3.63, 3.8) is 0 Å². The molecule has 0 bridgehead atoms. The molecule has 1 N–H and O–H groups in total. The Kier molecular flexibility index (Phi) is 5.19. The molecule has 2 atom stereocenters. The maximum Gasteiger partial charge on any atom is 0.320 e. The summed E-state index contributed by atoms with van der Waals surface area (Å²) in [6.45, 7) is 2.50. The molecular weight excluding hydrogens is 403 g/mol. The largest absolute Gasteiger partial charge is 0.454 e. The van der Waals surface area contributed by atoms with Crippen molar-refractivity contribution < 1.29 is 23.5 Å². The van der Waals surface area contributed by atoms with Crippen molar-refractivity contribution in [1.29, 1.82) is 0 Å². The average molecular weight is 426 g/mol. The zero-order valence-electron chi connectivity index (χ0n) is 16.9. The summed E-state index contributed by atoms with van der Waals surface area (Å²) < 4.78 is 24.8. The number of halogens is 1. The molecule has 1 aromatic carbocycles. The Bertz CT molecular complexity index is 980. The summed E-state index contributed by atoms with van der Waals surface area (Å²) in [6.07, 6.45) is 3.31. The summed E-state index contributed by atoms with van der Waals surface area (Å²) in [5.74, 6) is 0.292. The molecule has 9 heteroatoms. The fourth-order valence-corrected chi connectivity index (χ4v) is 4.30. The van der Waals surface area contributed by atoms with Crippen LogP contribution in [0.1, 0.15) is 17.9 Å². The molecular formula is C22H23FN4O4. The number of piperidine rings is 1. The third kappa shape index (κ3) is 4.05. The number of morpholine rings is 1. The van der Waals surface area contributed by atoms with Crippen LogP contribution in [0.4, 0.5) is 9.18 Å².